The molecule has 35 heavy (non-hydrogen) atoms. The number of hydrogen-bond acceptors (Lipinski definition) is 2. The number of alkyl halides is 6. The van der Waals surface area contributed by atoms with Crippen molar-refractivity contribution in [1.29, 1.82) is 0 Å². The minimum Gasteiger partial charge on any atom is -0.377 e. The fraction of sp³-hybridized carbons (Fsp3) is 0.577. The molecular formula is C26H35F6NO2. The average molecular weight is 508 g/mol. The molecule has 0 saturated carbocycles. The fourth-order valence-electron chi connectivity index (χ4n) is 3.04. The van der Waals surface area contributed by atoms with Crippen LogP contribution in [0.2, 0.25) is 0 Å². The van der Waals surface area contributed by atoms with E-state index < -0.39 is 23.5 Å². The van der Waals surface area contributed by atoms with E-state index >= 15 is 0 Å². The lowest BCUT2D eigenvalue weighted by Gasteiger charge is -2.17. The lowest BCUT2D eigenvalue weighted by molar-refractivity contribution is -0.143. The van der Waals surface area contributed by atoms with Gasteiger partial charge in [0, 0.05) is 19.2 Å². The molecule has 198 valence electrons. The van der Waals surface area contributed by atoms with Gasteiger partial charge in [-0.3, -0.25) is 4.79 Å². The van der Waals surface area contributed by atoms with Gasteiger partial charge in [0.2, 0.25) is 5.91 Å². The second-order valence-corrected chi connectivity index (χ2v) is 9.74. The summed E-state index contributed by atoms with van der Waals surface area (Å²) in [6, 6.07) is 1.48. The molecule has 0 unspecified atom stereocenters. The number of unbranched alkanes of at least 4 members (excludes halogenated alkanes) is 4. The summed E-state index contributed by atoms with van der Waals surface area (Å²) in [5, 5.41) is 2.86. The molecule has 1 N–H and O–H groups in total. The van der Waals surface area contributed by atoms with Crippen LogP contribution >= 0.6 is 0 Å². The largest absolute Gasteiger partial charge is 0.416 e. The number of carbonyl (C=O) groups is 1. The van der Waals surface area contributed by atoms with E-state index in [1.165, 1.54) is 0 Å². The first-order chi connectivity index (χ1) is 16.1. The Bertz CT molecular complexity index is 832. The number of ether oxygens (including phenoxy) is 1. The van der Waals surface area contributed by atoms with Crippen molar-refractivity contribution in [3.05, 3.63) is 58.7 Å². The minimum atomic E-state index is -4.86. The second-order valence-electron chi connectivity index (χ2n) is 9.74. The molecule has 0 saturated heterocycles. The van der Waals surface area contributed by atoms with Gasteiger partial charge in [0.1, 0.15) is 0 Å². The van der Waals surface area contributed by atoms with E-state index in [0.29, 0.717) is 25.1 Å². The van der Waals surface area contributed by atoms with Crippen molar-refractivity contribution in [2.24, 2.45) is 5.41 Å². The van der Waals surface area contributed by atoms with E-state index in [9.17, 15) is 31.1 Å². The summed E-state index contributed by atoms with van der Waals surface area (Å²) < 4.78 is 82.6. The zero-order valence-corrected chi connectivity index (χ0v) is 20.7. The number of hydrogen-bond donors (Lipinski definition) is 1. The maximum absolute atomic E-state index is 12.9. The van der Waals surface area contributed by atoms with Gasteiger partial charge in [0.05, 0.1) is 17.7 Å². The van der Waals surface area contributed by atoms with Crippen molar-refractivity contribution in [1.82, 2.24) is 5.32 Å². The summed E-state index contributed by atoms with van der Waals surface area (Å²) in [6.07, 6.45) is -0.144. The maximum Gasteiger partial charge on any atom is 0.416 e. The quantitative estimate of drug-likeness (QED) is 0.135. The van der Waals surface area contributed by atoms with Gasteiger partial charge in [-0.05, 0) is 60.9 Å². The Morgan fingerprint density at radius 1 is 0.914 bits per heavy atom. The van der Waals surface area contributed by atoms with Crippen LogP contribution in [0.15, 0.2) is 42.0 Å². The Balaban J connectivity index is 2.30. The van der Waals surface area contributed by atoms with E-state index in [-0.39, 0.29) is 36.2 Å². The molecule has 0 aliphatic carbocycles. The molecule has 0 heterocycles. The van der Waals surface area contributed by atoms with Crippen LogP contribution in [-0.2, 0) is 28.5 Å². The lowest BCUT2D eigenvalue weighted by Crippen LogP contribution is -2.31. The molecular weight excluding hydrogens is 472 g/mol. The highest BCUT2D eigenvalue weighted by Gasteiger charge is 2.36. The van der Waals surface area contributed by atoms with Gasteiger partial charge in [-0.15, -0.1) is 0 Å². The van der Waals surface area contributed by atoms with Crippen LogP contribution in [-0.4, -0.2) is 19.1 Å². The molecule has 0 aliphatic heterocycles. The van der Waals surface area contributed by atoms with Gasteiger partial charge in [-0.1, -0.05) is 45.8 Å². The zero-order valence-electron chi connectivity index (χ0n) is 20.7. The molecule has 9 heteroatoms. The zero-order chi connectivity index (χ0) is 26.7. The summed E-state index contributed by atoms with van der Waals surface area (Å²) in [5.74, 6) is -0.123. The van der Waals surface area contributed by atoms with Gasteiger partial charge in [0.15, 0.2) is 0 Å². The average Bonchev–Trinajstić information content (AvgIpc) is 2.71. The highest BCUT2D eigenvalue weighted by Crippen LogP contribution is 2.36. The molecule has 0 atom stereocenters. The van der Waals surface area contributed by atoms with Crippen LogP contribution < -0.4 is 5.32 Å². The summed E-state index contributed by atoms with van der Waals surface area (Å²) in [7, 11) is 0. The molecule has 1 aromatic carbocycles. The van der Waals surface area contributed by atoms with E-state index in [4.69, 9.17) is 4.74 Å². The van der Waals surface area contributed by atoms with E-state index in [1.807, 2.05) is 39.8 Å². The first-order valence-corrected chi connectivity index (χ1v) is 11.6. The van der Waals surface area contributed by atoms with Crippen molar-refractivity contribution in [3.8, 4) is 0 Å². The van der Waals surface area contributed by atoms with Crippen molar-refractivity contribution in [2.45, 2.75) is 78.8 Å². The number of rotatable bonds is 12. The topological polar surface area (TPSA) is 38.3 Å². The number of amides is 1. The van der Waals surface area contributed by atoms with Crippen LogP contribution in [0.4, 0.5) is 26.3 Å². The number of halogens is 6. The van der Waals surface area contributed by atoms with Crippen molar-refractivity contribution in [3.63, 3.8) is 0 Å². The number of carbonyl (C=O) groups excluding carboxylic acids is 1. The maximum atomic E-state index is 12.9. The van der Waals surface area contributed by atoms with E-state index in [1.54, 1.807) is 6.08 Å². The van der Waals surface area contributed by atoms with E-state index in [2.05, 4.69) is 5.32 Å². The Kier molecular flexibility index (Phi) is 12.0. The Morgan fingerprint density at radius 2 is 1.49 bits per heavy atom. The number of allylic oxidation sites excluding steroid dienone is 3. The first kappa shape index (κ1) is 30.7. The van der Waals surface area contributed by atoms with Crippen LogP contribution in [0, 0.1) is 5.41 Å². The Hall–Kier alpha value is -2.29. The van der Waals surface area contributed by atoms with Gasteiger partial charge in [-0.25, -0.2) is 0 Å². The Morgan fingerprint density at radius 3 is 2.03 bits per heavy atom. The SMILES string of the molecule is CC(C=CCCCCCCOCc1cc(C(F)(F)F)cc(C(F)(F)F)c1)=CC(=O)NCC(C)(C)C. The highest BCUT2D eigenvalue weighted by molar-refractivity contribution is 5.88. The van der Waals surface area contributed by atoms with Crippen LogP contribution in [0.5, 0.6) is 0 Å². The third-order valence-corrected chi connectivity index (χ3v) is 4.86. The summed E-state index contributed by atoms with van der Waals surface area (Å²) in [5.41, 5.74) is -1.96. The summed E-state index contributed by atoms with van der Waals surface area (Å²) in [4.78, 5) is 11.8. The number of nitrogens with one attached hydrogen (secondary N) is 1. The standard InChI is InChI=1S/C26H35F6NO2/c1-19(13-23(34)33-18-24(2,3)4)11-9-7-5-6-8-10-12-35-17-20-14-21(25(27,28)29)16-22(15-20)26(30,31)32/h9,11,13-16H,5-8,10,12,17-18H2,1-4H3,(H,33,34). The fourth-order valence-corrected chi connectivity index (χ4v) is 3.04. The van der Waals surface area contributed by atoms with E-state index in [0.717, 1.165) is 31.3 Å². The smallest absolute Gasteiger partial charge is 0.377 e. The van der Waals surface area contributed by atoms with Gasteiger partial charge in [-0.2, -0.15) is 26.3 Å². The van der Waals surface area contributed by atoms with Gasteiger partial charge >= 0.3 is 12.4 Å². The van der Waals surface area contributed by atoms with Crippen LogP contribution in [0.25, 0.3) is 0 Å². The monoisotopic (exact) mass is 507 g/mol. The van der Waals surface area contributed by atoms with Crippen molar-refractivity contribution >= 4 is 5.91 Å². The van der Waals surface area contributed by atoms with Crippen LogP contribution in [0.1, 0.15) is 76.5 Å². The van der Waals surface area contributed by atoms with Crippen molar-refractivity contribution < 1.29 is 35.9 Å². The van der Waals surface area contributed by atoms with Crippen molar-refractivity contribution in [2.75, 3.05) is 13.2 Å². The minimum absolute atomic E-state index is 0.0210. The summed E-state index contributed by atoms with van der Waals surface area (Å²) in [6.45, 7) is 8.51. The summed E-state index contributed by atoms with van der Waals surface area (Å²) >= 11 is 0. The Labute approximate surface area is 203 Å². The molecule has 0 radical (unpaired) electrons. The van der Waals surface area contributed by atoms with Gasteiger partial charge in [0.25, 0.3) is 0 Å². The molecule has 0 spiro atoms. The molecule has 1 rings (SSSR count). The third-order valence-electron chi connectivity index (χ3n) is 4.86. The third kappa shape index (κ3) is 14.0. The van der Waals surface area contributed by atoms with Crippen LogP contribution in [0.3, 0.4) is 0 Å². The predicted octanol–water partition coefficient (Wildman–Crippen LogP) is 7.86. The normalized spacial score (nSPS) is 13.5. The molecule has 0 bridgehead atoms. The highest BCUT2D eigenvalue weighted by atomic mass is 19.4. The van der Waals surface area contributed by atoms with Gasteiger partial charge < -0.3 is 10.1 Å². The molecule has 0 aliphatic rings. The molecule has 3 nitrogen and oxygen atoms in total. The predicted molar refractivity (Wildman–Crippen MR) is 125 cm³/mol. The molecule has 0 aromatic heterocycles. The second kappa shape index (κ2) is 13.7. The first-order valence-electron chi connectivity index (χ1n) is 11.6. The molecule has 1 aromatic rings. The number of benzene rings is 1. The molecule has 0 fully saturated rings. The lowest BCUT2D eigenvalue weighted by atomic mass is 9.97. The molecule has 1 amide bonds.